The molecule has 0 aromatic heterocycles. The summed E-state index contributed by atoms with van der Waals surface area (Å²) in [6.07, 6.45) is 0.851. The van der Waals surface area contributed by atoms with Crippen molar-refractivity contribution < 1.29 is 17.5 Å². The Hall–Kier alpha value is -1.61. The number of ether oxygens (including phenoxy) is 1. The summed E-state index contributed by atoms with van der Waals surface area (Å²) in [6, 6.07) is 3.80. The van der Waals surface area contributed by atoms with Crippen molar-refractivity contribution >= 4 is 9.84 Å². The third-order valence-electron chi connectivity index (χ3n) is 1.97. The highest BCUT2D eigenvalue weighted by atomic mass is 32.2. The molecule has 0 heterocycles. The van der Waals surface area contributed by atoms with Crippen LogP contribution in [0.15, 0.2) is 17.0 Å². The zero-order valence-corrected chi connectivity index (χ0v) is 9.64. The molecule has 0 saturated carbocycles. The van der Waals surface area contributed by atoms with E-state index in [-0.39, 0.29) is 22.6 Å². The van der Waals surface area contributed by atoms with Gasteiger partial charge in [-0.1, -0.05) is 0 Å². The van der Waals surface area contributed by atoms with Crippen LogP contribution < -0.4 is 4.74 Å². The van der Waals surface area contributed by atoms with Crippen molar-refractivity contribution in [1.82, 2.24) is 0 Å². The van der Waals surface area contributed by atoms with E-state index in [1.54, 1.807) is 0 Å². The van der Waals surface area contributed by atoms with Crippen molar-refractivity contribution in [2.24, 2.45) is 0 Å². The van der Waals surface area contributed by atoms with Gasteiger partial charge in [-0.15, -0.1) is 0 Å². The average Bonchev–Trinajstić information content (AvgIpc) is 2.16. The highest BCUT2D eigenvalue weighted by Gasteiger charge is 2.19. The van der Waals surface area contributed by atoms with E-state index in [0.717, 1.165) is 18.4 Å². The van der Waals surface area contributed by atoms with Crippen LogP contribution in [0.1, 0.15) is 5.56 Å². The molecule has 1 aromatic rings. The maximum atomic E-state index is 13.2. The van der Waals surface area contributed by atoms with Crippen LogP contribution in [-0.2, 0) is 16.3 Å². The van der Waals surface area contributed by atoms with Crippen molar-refractivity contribution in [3.8, 4) is 11.8 Å². The lowest BCUT2D eigenvalue weighted by Crippen LogP contribution is -2.04. The first kappa shape index (κ1) is 12.5. The van der Waals surface area contributed by atoms with Crippen LogP contribution in [0.5, 0.6) is 5.75 Å². The molecule has 0 amide bonds. The first-order chi connectivity index (χ1) is 7.40. The van der Waals surface area contributed by atoms with E-state index in [9.17, 15) is 12.8 Å². The predicted octanol–water partition coefficient (Wildman–Crippen LogP) is 1.30. The molecule has 0 aliphatic rings. The molecule has 16 heavy (non-hydrogen) atoms. The topological polar surface area (TPSA) is 67.2 Å². The van der Waals surface area contributed by atoms with Gasteiger partial charge in [-0.3, -0.25) is 0 Å². The molecule has 0 radical (unpaired) electrons. The minimum Gasteiger partial charge on any atom is -0.495 e. The average molecular weight is 243 g/mol. The number of methoxy groups -OCH3 is 1. The van der Waals surface area contributed by atoms with Gasteiger partial charge in [0.05, 0.1) is 19.6 Å². The largest absolute Gasteiger partial charge is 0.495 e. The number of sulfone groups is 1. The second-order valence-electron chi connectivity index (χ2n) is 3.20. The monoisotopic (exact) mass is 243 g/mol. The number of rotatable bonds is 3. The van der Waals surface area contributed by atoms with E-state index in [0.29, 0.717) is 0 Å². The Morgan fingerprint density at radius 2 is 2.12 bits per heavy atom. The molecule has 0 aliphatic heterocycles. The van der Waals surface area contributed by atoms with Gasteiger partial charge in [0.1, 0.15) is 16.5 Å². The van der Waals surface area contributed by atoms with Gasteiger partial charge < -0.3 is 4.74 Å². The summed E-state index contributed by atoms with van der Waals surface area (Å²) in [5.41, 5.74) is 0.227. The normalized spacial score (nSPS) is 10.9. The lowest BCUT2D eigenvalue weighted by atomic mass is 10.1. The Bertz CT molecular complexity index is 546. The molecular formula is C10H10FNO3S. The van der Waals surface area contributed by atoms with Gasteiger partial charge in [0.25, 0.3) is 0 Å². The van der Waals surface area contributed by atoms with Gasteiger partial charge in [0, 0.05) is 11.8 Å². The Morgan fingerprint density at radius 1 is 1.50 bits per heavy atom. The molecule has 0 bridgehead atoms. The SMILES string of the molecule is COc1c(CC#N)cc(F)cc1S(C)(=O)=O. The fourth-order valence-electron chi connectivity index (χ4n) is 1.35. The molecule has 86 valence electrons. The summed E-state index contributed by atoms with van der Waals surface area (Å²) < 4.78 is 40.9. The highest BCUT2D eigenvalue weighted by molar-refractivity contribution is 7.90. The maximum Gasteiger partial charge on any atom is 0.179 e. The summed E-state index contributed by atoms with van der Waals surface area (Å²) in [4.78, 5) is -0.236. The number of nitrogens with zero attached hydrogens (tertiary/aromatic N) is 1. The molecular weight excluding hydrogens is 233 g/mol. The van der Waals surface area contributed by atoms with Gasteiger partial charge in [0.2, 0.25) is 0 Å². The minimum atomic E-state index is -3.58. The quantitative estimate of drug-likeness (QED) is 0.802. The number of hydrogen-bond acceptors (Lipinski definition) is 4. The Morgan fingerprint density at radius 3 is 2.56 bits per heavy atom. The predicted molar refractivity (Wildman–Crippen MR) is 55.4 cm³/mol. The molecule has 0 atom stereocenters. The van der Waals surface area contributed by atoms with E-state index in [4.69, 9.17) is 10.00 Å². The smallest absolute Gasteiger partial charge is 0.179 e. The summed E-state index contributed by atoms with van der Waals surface area (Å²) in [7, 11) is -2.30. The van der Waals surface area contributed by atoms with Crippen LogP contribution in [0.4, 0.5) is 4.39 Å². The summed E-state index contributed by atoms with van der Waals surface area (Å²) >= 11 is 0. The van der Waals surface area contributed by atoms with Gasteiger partial charge in [-0.2, -0.15) is 5.26 Å². The second-order valence-corrected chi connectivity index (χ2v) is 5.19. The van der Waals surface area contributed by atoms with Crippen LogP contribution in [0.3, 0.4) is 0 Å². The van der Waals surface area contributed by atoms with Crippen LogP contribution >= 0.6 is 0 Å². The molecule has 0 aliphatic carbocycles. The number of benzene rings is 1. The molecule has 6 heteroatoms. The van der Waals surface area contributed by atoms with E-state index in [1.165, 1.54) is 7.11 Å². The zero-order chi connectivity index (χ0) is 12.3. The fourth-order valence-corrected chi connectivity index (χ4v) is 2.22. The van der Waals surface area contributed by atoms with Gasteiger partial charge in [0.15, 0.2) is 9.84 Å². The Kier molecular flexibility index (Phi) is 3.50. The fraction of sp³-hybridized carbons (Fsp3) is 0.300. The Balaban J connectivity index is 3.56. The van der Waals surface area contributed by atoms with E-state index in [2.05, 4.69) is 0 Å². The van der Waals surface area contributed by atoms with Crippen molar-refractivity contribution in [3.63, 3.8) is 0 Å². The van der Waals surface area contributed by atoms with Gasteiger partial charge in [-0.25, -0.2) is 12.8 Å². The van der Waals surface area contributed by atoms with Crippen molar-refractivity contribution in [3.05, 3.63) is 23.5 Å². The lowest BCUT2D eigenvalue weighted by molar-refractivity contribution is 0.397. The molecule has 0 unspecified atom stereocenters. The number of halogens is 1. The number of nitriles is 1. The van der Waals surface area contributed by atoms with Crippen LogP contribution in [0.2, 0.25) is 0 Å². The van der Waals surface area contributed by atoms with E-state index in [1.807, 2.05) is 6.07 Å². The second kappa shape index (κ2) is 4.49. The standard InChI is InChI=1S/C10H10FNO3S/c1-15-10-7(3-4-12)5-8(11)6-9(10)16(2,13)14/h5-6H,3H2,1-2H3. The molecule has 0 saturated heterocycles. The molecule has 0 fully saturated rings. The number of hydrogen-bond donors (Lipinski definition) is 0. The molecule has 0 N–H and O–H groups in total. The molecule has 0 spiro atoms. The third-order valence-corrected chi connectivity index (χ3v) is 3.07. The van der Waals surface area contributed by atoms with Gasteiger partial charge in [-0.05, 0) is 12.1 Å². The molecule has 1 aromatic carbocycles. The summed E-state index contributed by atoms with van der Waals surface area (Å²) in [5.74, 6) is -0.670. The molecule has 1 rings (SSSR count). The van der Waals surface area contributed by atoms with Crippen LogP contribution in [0, 0.1) is 17.1 Å². The van der Waals surface area contributed by atoms with Crippen LogP contribution in [0.25, 0.3) is 0 Å². The molecule has 4 nitrogen and oxygen atoms in total. The lowest BCUT2D eigenvalue weighted by Gasteiger charge is -2.10. The van der Waals surface area contributed by atoms with Crippen molar-refractivity contribution in [1.29, 1.82) is 5.26 Å². The minimum absolute atomic E-state index is 0.0328. The first-order valence-electron chi connectivity index (χ1n) is 4.33. The highest BCUT2D eigenvalue weighted by Crippen LogP contribution is 2.29. The first-order valence-corrected chi connectivity index (χ1v) is 6.22. The van der Waals surface area contributed by atoms with Crippen molar-refractivity contribution in [2.45, 2.75) is 11.3 Å². The Labute approximate surface area is 93.2 Å². The maximum absolute atomic E-state index is 13.2. The summed E-state index contributed by atoms with van der Waals surface area (Å²) in [5, 5.41) is 8.55. The zero-order valence-electron chi connectivity index (χ0n) is 8.82. The van der Waals surface area contributed by atoms with Gasteiger partial charge >= 0.3 is 0 Å². The van der Waals surface area contributed by atoms with E-state index < -0.39 is 15.7 Å². The summed E-state index contributed by atoms with van der Waals surface area (Å²) in [6.45, 7) is 0. The van der Waals surface area contributed by atoms with Crippen molar-refractivity contribution in [2.75, 3.05) is 13.4 Å². The third kappa shape index (κ3) is 2.49. The van der Waals surface area contributed by atoms with E-state index >= 15 is 0 Å². The van der Waals surface area contributed by atoms with Crippen LogP contribution in [-0.4, -0.2) is 21.8 Å².